The van der Waals surface area contributed by atoms with Crippen LogP contribution >= 0.6 is 15.9 Å². The number of alkyl halides is 4. The second kappa shape index (κ2) is 11.0. The molecule has 13 heteroatoms. The van der Waals surface area contributed by atoms with E-state index in [4.69, 9.17) is 15.5 Å². The van der Waals surface area contributed by atoms with Gasteiger partial charge in [-0.3, -0.25) is 9.59 Å². The second-order valence-corrected chi connectivity index (χ2v) is 9.96. The van der Waals surface area contributed by atoms with Gasteiger partial charge in [0.15, 0.2) is 5.82 Å². The van der Waals surface area contributed by atoms with E-state index in [9.17, 15) is 27.2 Å². The fraction of sp³-hybridized carbons (Fsp3) is 0.222. The van der Waals surface area contributed by atoms with Crippen molar-refractivity contribution in [2.75, 3.05) is 16.8 Å². The number of halogens is 6. The molecule has 0 unspecified atom stereocenters. The molecule has 0 radical (unpaired) electrons. The van der Waals surface area contributed by atoms with E-state index < -0.39 is 56.7 Å². The van der Waals surface area contributed by atoms with E-state index in [2.05, 4.69) is 15.9 Å². The molecular weight excluding hydrogens is 605 g/mol. The van der Waals surface area contributed by atoms with E-state index in [1.807, 2.05) is 11.4 Å². The Kier molecular flexibility index (Phi) is 7.98. The number of hydrogen-bond acceptors (Lipinski definition) is 5. The molecule has 4 rings (SSSR count). The summed E-state index contributed by atoms with van der Waals surface area (Å²) in [5, 5.41) is 29.2. The van der Waals surface area contributed by atoms with E-state index in [1.54, 1.807) is 0 Å². The third-order valence-corrected chi connectivity index (χ3v) is 6.78. The fourth-order valence-electron chi connectivity index (χ4n) is 3.92. The van der Waals surface area contributed by atoms with Gasteiger partial charge in [-0.1, -0.05) is 6.07 Å². The number of benzene rings is 3. The summed E-state index contributed by atoms with van der Waals surface area (Å²) in [6.07, 6.45) is -3.59. The molecule has 40 heavy (non-hydrogen) atoms. The monoisotopic (exact) mass is 623 g/mol. The topological polar surface area (TPSA) is 114 Å². The number of rotatable bonds is 7. The van der Waals surface area contributed by atoms with E-state index in [0.29, 0.717) is 11.6 Å². The number of amides is 2. The summed E-state index contributed by atoms with van der Waals surface area (Å²) in [5.74, 6) is -3.00. The van der Waals surface area contributed by atoms with Gasteiger partial charge < -0.3 is 20.4 Å². The Morgan fingerprint density at radius 3 is 2.27 bits per heavy atom. The molecule has 7 nitrogen and oxygen atoms in total. The third kappa shape index (κ3) is 6.30. The number of aliphatic hydroxyl groups is 2. The zero-order valence-electron chi connectivity index (χ0n) is 20.3. The molecule has 2 amide bonds. The van der Waals surface area contributed by atoms with Crippen molar-refractivity contribution >= 4 is 39.1 Å². The van der Waals surface area contributed by atoms with Gasteiger partial charge in [0.05, 0.1) is 34.1 Å². The van der Waals surface area contributed by atoms with E-state index in [1.165, 1.54) is 36.4 Å². The maximum absolute atomic E-state index is 15.7. The number of carbonyl (C=O) groups is 2. The fourth-order valence-corrected chi connectivity index (χ4v) is 4.48. The summed E-state index contributed by atoms with van der Waals surface area (Å²) < 4.78 is 69.9. The first-order chi connectivity index (χ1) is 18.7. The molecule has 3 aromatic carbocycles. The highest BCUT2D eigenvalue weighted by Crippen LogP contribution is 2.42. The SMILES string of the molecule is N#Cc1ccc(C(=O)N(CC2CC2)c2cccc(C(=O)Nc3c(Br)cc(C(O)(O)F)cc3C(F)(F)F)c2F)cc1. The first kappa shape index (κ1) is 29.1. The van der Waals surface area contributed by atoms with Crippen LogP contribution in [0.5, 0.6) is 0 Å². The highest BCUT2D eigenvalue weighted by molar-refractivity contribution is 9.10. The lowest BCUT2D eigenvalue weighted by atomic mass is 10.1. The van der Waals surface area contributed by atoms with Crippen LogP contribution in [0.1, 0.15) is 50.2 Å². The van der Waals surface area contributed by atoms with Crippen molar-refractivity contribution in [2.24, 2.45) is 5.92 Å². The standard InChI is InChI=1S/C27H19BrF5N3O4/c28-20-11-17(27(33,39)40)10-19(26(30,31)32)23(20)35-24(37)18-2-1-3-21(22(18)29)36(13-15-4-5-15)25(38)16-8-6-14(12-34)7-9-16/h1-3,6-11,15,39-40H,4-5,13H2,(H,35,37). The molecule has 208 valence electrons. The van der Waals surface area contributed by atoms with Crippen LogP contribution in [0.15, 0.2) is 59.1 Å². The lowest BCUT2D eigenvalue weighted by molar-refractivity contribution is -0.270. The lowest BCUT2D eigenvalue weighted by Crippen LogP contribution is -2.34. The van der Waals surface area contributed by atoms with Crippen LogP contribution in [0.2, 0.25) is 0 Å². The molecule has 0 atom stereocenters. The molecular formula is C27H19BrF5N3O4. The second-order valence-electron chi connectivity index (χ2n) is 9.11. The summed E-state index contributed by atoms with van der Waals surface area (Å²) in [5.41, 5.74) is -4.19. The van der Waals surface area contributed by atoms with E-state index in [0.717, 1.165) is 23.8 Å². The minimum Gasteiger partial charge on any atom is -0.336 e. The molecule has 3 N–H and O–H groups in total. The molecule has 0 bridgehead atoms. The predicted molar refractivity (Wildman–Crippen MR) is 136 cm³/mol. The summed E-state index contributed by atoms with van der Waals surface area (Å²) >= 11 is 2.76. The average Bonchev–Trinajstić information content (AvgIpc) is 3.71. The van der Waals surface area contributed by atoms with E-state index in [-0.39, 0.29) is 29.8 Å². The number of hydrogen-bond donors (Lipinski definition) is 3. The smallest absolute Gasteiger partial charge is 0.336 e. The van der Waals surface area contributed by atoms with Gasteiger partial charge in [-0.15, -0.1) is 0 Å². The molecule has 0 heterocycles. The Labute approximate surface area is 232 Å². The Bertz CT molecular complexity index is 1510. The summed E-state index contributed by atoms with van der Waals surface area (Å²) in [6.45, 7) is 0.124. The summed E-state index contributed by atoms with van der Waals surface area (Å²) in [6, 6.07) is 7.72. The van der Waals surface area contributed by atoms with Crippen molar-refractivity contribution in [3.05, 3.63) is 92.7 Å². The largest absolute Gasteiger partial charge is 0.418 e. The van der Waals surface area contributed by atoms with Crippen molar-refractivity contribution in [3.63, 3.8) is 0 Å². The number of nitrogens with one attached hydrogen (secondary N) is 1. The Morgan fingerprint density at radius 2 is 1.73 bits per heavy atom. The highest BCUT2D eigenvalue weighted by Gasteiger charge is 2.39. The van der Waals surface area contributed by atoms with Crippen molar-refractivity contribution in [1.29, 1.82) is 5.26 Å². The zero-order valence-corrected chi connectivity index (χ0v) is 21.9. The Morgan fingerprint density at radius 1 is 1.07 bits per heavy atom. The molecule has 0 spiro atoms. The van der Waals surface area contributed by atoms with Crippen LogP contribution in [0, 0.1) is 23.1 Å². The van der Waals surface area contributed by atoms with Gasteiger partial charge in [-0.2, -0.15) is 22.8 Å². The van der Waals surface area contributed by atoms with Gasteiger partial charge in [0.25, 0.3) is 11.8 Å². The van der Waals surface area contributed by atoms with Crippen LogP contribution in [0.4, 0.5) is 33.3 Å². The predicted octanol–water partition coefficient (Wildman–Crippen LogP) is 5.85. The number of anilines is 2. The molecule has 0 aromatic heterocycles. The average molecular weight is 624 g/mol. The lowest BCUT2D eigenvalue weighted by Gasteiger charge is -2.24. The van der Waals surface area contributed by atoms with Crippen molar-refractivity contribution in [1.82, 2.24) is 0 Å². The first-order valence-corrected chi connectivity index (χ1v) is 12.5. The van der Waals surface area contributed by atoms with Crippen LogP contribution in [0.25, 0.3) is 0 Å². The molecule has 1 aliphatic rings. The number of carbonyl (C=O) groups excluding carboxylic acids is 2. The van der Waals surface area contributed by atoms with Crippen molar-refractivity contribution in [3.8, 4) is 6.07 Å². The summed E-state index contributed by atoms with van der Waals surface area (Å²) in [7, 11) is 0. The maximum Gasteiger partial charge on any atom is 0.418 e. The maximum atomic E-state index is 15.7. The minimum atomic E-state index is -5.18. The van der Waals surface area contributed by atoms with Gasteiger partial charge >= 0.3 is 12.2 Å². The van der Waals surface area contributed by atoms with Gasteiger partial charge in [-0.05, 0) is 83.2 Å². The normalized spacial score (nSPS) is 13.5. The van der Waals surface area contributed by atoms with Crippen molar-refractivity contribution in [2.45, 2.75) is 25.1 Å². The Balaban J connectivity index is 1.71. The van der Waals surface area contributed by atoms with Gasteiger partial charge in [0.2, 0.25) is 0 Å². The molecule has 1 fully saturated rings. The van der Waals surface area contributed by atoms with E-state index >= 15 is 4.39 Å². The van der Waals surface area contributed by atoms with Crippen LogP contribution in [-0.2, 0) is 12.2 Å². The minimum absolute atomic E-state index is 0.0868. The third-order valence-electron chi connectivity index (χ3n) is 6.16. The van der Waals surface area contributed by atoms with Crippen LogP contribution in [0.3, 0.4) is 0 Å². The molecule has 3 aromatic rings. The number of nitriles is 1. The quantitative estimate of drug-likeness (QED) is 0.226. The van der Waals surface area contributed by atoms with Crippen molar-refractivity contribution < 1.29 is 41.8 Å². The van der Waals surface area contributed by atoms with Gasteiger partial charge in [0.1, 0.15) is 0 Å². The zero-order chi connectivity index (χ0) is 29.4. The van der Waals surface area contributed by atoms with Gasteiger partial charge in [-0.25, -0.2) is 4.39 Å². The first-order valence-electron chi connectivity index (χ1n) is 11.7. The van der Waals surface area contributed by atoms with Gasteiger partial charge in [0, 0.05) is 22.1 Å². The highest BCUT2D eigenvalue weighted by atomic mass is 79.9. The van der Waals surface area contributed by atoms with Crippen LogP contribution in [-0.4, -0.2) is 28.6 Å². The Hall–Kier alpha value is -3.86. The summed E-state index contributed by atoms with van der Waals surface area (Å²) in [4.78, 5) is 27.5. The molecule has 0 saturated heterocycles. The molecule has 1 aliphatic carbocycles. The molecule has 1 saturated carbocycles. The molecule has 0 aliphatic heterocycles. The number of nitrogens with zero attached hydrogens (tertiary/aromatic N) is 2. The van der Waals surface area contributed by atoms with Crippen LogP contribution < -0.4 is 10.2 Å².